The Kier molecular flexibility index (Phi) is 6.13. The first-order valence-electron chi connectivity index (χ1n) is 10.5. The molecule has 0 aromatic heterocycles. The Balaban J connectivity index is 1.85. The van der Waals surface area contributed by atoms with Crippen LogP contribution >= 0.6 is 11.6 Å². The molecular formula is C23H35ClO3. The van der Waals surface area contributed by atoms with Gasteiger partial charge in [-0.15, -0.1) is 11.6 Å². The summed E-state index contributed by atoms with van der Waals surface area (Å²) >= 11 is 5.64. The number of hydrogen-bond acceptors (Lipinski definition) is 3. The molecule has 1 unspecified atom stereocenters. The second-order valence-corrected chi connectivity index (χ2v) is 9.95. The lowest BCUT2D eigenvalue weighted by atomic mass is 9.47. The number of halogens is 1. The molecule has 1 fully saturated rings. The minimum absolute atomic E-state index is 0.00758. The lowest BCUT2D eigenvalue weighted by Gasteiger charge is -2.57. The largest absolute Gasteiger partial charge is 0.462 e. The van der Waals surface area contributed by atoms with Crippen molar-refractivity contribution in [2.45, 2.75) is 72.3 Å². The molecule has 3 aliphatic carbocycles. The van der Waals surface area contributed by atoms with Crippen LogP contribution in [-0.2, 0) is 9.53 Å². The Labute approximate surface area is 169 Å². The molecule has 0 spiro atoms. The Hall–Kier alpha value is -0.800. The number of alkyl halides is 1. The number of aliphatic hydroxyl groups excluding tert-OH is 1. The third-order valence-corrected chi connectivity index (χ3v) is 7.99. The average molecular weight is 395 g/mol. The van der Waals surface area contributed by atoms with Gasteiger partial charge in [0.15, 0.2) is 0 Å². The van der Waals surface area contributed by atoms with Crippen molar-refractivity contribution in [2.24, 2.45) is 28.6 Å². The van der Waals surface area contributed by atoms with E-state index >= 15 is 0 Å². The lowest BCUT2D eigenvalue weighted by molar-refractivity contribution is -0.171. The fraction of sp³-hybridized carbons (Fsp3) is 0.783. The molecule has 1 N–H and O–H groups in total. The Morgan fingerprint density at radius 3 is 2.78 bits per heavy atom. The average Bonchev–Trinajstić information content (AvgIpc) is 2.65. The quantitative estimate of drug-likeness (QED) is 0.510. The minimum atomic E-state index is -0.787. The summed E-state index contributed by atoms with van der Waals surface area (Å²) in [5.74, 6) is 1.37. The highest BCUT2D eigenvalue weighted by Gasteiger charge is 2.57. The number of allylic oxidation sites excluding steroid dienone is 4. The highest BCUT2D eigenvalue weighted by Crippen LogP contribution is 2.62. The molecule has 0 radical (unpaired) electrons. The van der Waals surface area contributed by atoms with Crippen molar-refractivity contribution in [2.75, 3.05) is 12.5 Å². The second-order valence-electron chi connectivity index (χ2n) is 9.64. The van der Waals surface area contributed by atoms with E-state index in [9.17, 15) is 9.90 Å². The van der Waals surface area contributed by atoms with Gasteiger partial charge in [-0.25, -0.2) is 0 Å². The molecule has 0 aliphatic heterocycles. The van der Waals surface area contributed by atoms with E-state index in [-0.39, 0.29) is 23.9 Å². The van der Waals surface area contributed by atoms with Crippen LogP contribution in [0.3, 0.4) is 0 Å². The van der Waals surface area contributed by atoms with Crippen LogP contribution in [0.5, 0.6) is 0 Å². The van der Waals surface area contributed by atoms with Gasteiger partial charge in [-0.3, -0.25) is 4.79 Å². The molecule has 27 heavy (non-hydrogen) atoms. The van der Waals surface area contributed by atoms with Crippen molar-refractivity contribution in [1.29, 1.82) is 0 Å². The van der Waals surface area contributed by atoms with Crippen molar-refractivity contribution >= 4 is 17.6 Å². The molecule has 3 aliphatic rings. The van der Waals surface area contributed by atoms with Gasteiger partial charge in [-0.05, 0) is 67.8 Å². The number of carbonyl (C=O) groups excluding carboxylic acids is 1. The van der Waals surface area contributed by atoms with Gasteiger partial charge in [0.1, 0.15) is 12.7 Å². The third kappa shape index (κ3) is 3.74. The van der Waals surface area contributed by atoms with Gasteiger partial charge in [0, 0.05) is 0 Å². The summed E-state index contributed by atoms with van der Waals surface area (Å²) in [6, 6.07) is 0. The van der Waals surface area contributed by atoms with Gasteiger partial charge >= 0.3 is 5.97 Å². The predicted octanol–water partition coefficient (Wildman–Crippen LogP) is 5.26. The van der Waals surface area contributed by atoms with E-state index in [1.807, 2.05) is 0 Å². The molecule has 3 rings (SSSR count). The number of esters is 1. The van der Waals surface area contributed by atoms with Crippen LogP contribution in [0.4, 0.5) is 0 Å². The zero-order valence-electron chi connectivity index (χ0n) is 17.3. The first kappa shape index (κ1) is 20.9. The first-order chi connectivity index (χ1) is 12.7. The SMILES string of the molecule is CC(C)C1=CC2=CC[C@@H]3[C@](C)(CCC[C@@]3(C)C(=O)OCC(O)CCl)[C@H]2CC1. The molecule has 0 saturated heterocycles. The highest BCUT2D eigenvalue weighted by atomic mass is 35.5. The van der Waals surface area contributed by atoms with Crippen LogP contribution in [0.15, 0.2) is 23.3 Å². The molecule has 0 amide bonds. The van der Waals surface area contributed by atoms with Crippen LogP contribution in [0.1, 0.15) is 66.2 Å². The standard InChI is InChI=1S/C23H35ClO3/c1-15(2)16-6-8-19-17(12-16)7-9-20-22(19,3)10-5-11-23(20,4)21(26)27-14-18(25)13-24/h7,12,15,18-20,25H,5-6,8-11,13-14H2,1-4H3/t18?,19-,20+,22+,23+/m0/s1. The summed E-state index contributed by atoms with van der Waals surface area (Å²) in [5, 5.41) is 9.67. The van der Waals surface area contributed by atoms with Gasteiger partial charge in [0.05, 0.1) is 11.3 Å². The van der Waals surface area contributed by atoms with Gasteiger partial charge in [0.25, 0.3) is 0 Å². The van der Waals surface area contributed by atoms with Gasteiger partial charge < -0.3 is 9.84 Å². The van der Waals surface area contributed by atoms with Gasteiger partial charge in [-0.1, -0.05) is 44.9 Å². The smallest absolute Gasteiger partial charge is 0.312 e. The van der Waals surface area contributed by atoms with Crippen molar-refractivity contribution in [1.82, 2.24) is 0 Å². The normalized spacial score (nSPS) is 37.0. The summed E-state index contributed by atoms with van der Waals surface area (Å²) < 4.78 is 5.51. The summed E-state index contributed by atoms with van der Waals surface area (Å²) in [6.45, 7) is 9.04. The van der Waals surface area contributed by atoms with E-state index in [0.29, 0.717) is 17.8 Å². The Morgan fingerprint density at radius 1 is 1.37 bits per heavy atom. The molecule has 0 aromatic rings. The maximum Gasteiger partial charge on any atom is 0.312 e. The van der Waals surface area contributed by atoms with Crippen molar-refractivity contribution < 1.29 is 14.6 Å². The highest BCUT2D eigenvalue weighted by molar-refractivity contribution is 6.18. The van der Waals surface area contributed by atoms with Gasteiger partial charge in [0.2, 0.25) is 0 Å². The molecule has 5 atom stereocenters. The van der Waals surface area contributed by atoms with E-state index in [2.05, 4.69) is 39.8 Å². The van der Waals surface area contributed by atoms with Crippen LogP contribution in [0, 0.1) is 28.6 Å². The molecule has 0 heterocycles. The summed E-state index contributed by atoms with van der Waals surface area (Å²) in [6.07, 6.45) is 10.5. The van der Waals surface area contributed by atoms with Crippen molar-refractivity contribution in [3.63, 3.8) is 0 Å². The lowest BCUT2D eigenvalue weighted by Crippen LogP contribution is -2.53. The second kappa shape index (κ2) is 7.91. The maximum atomic E-state index is 13.0. The Bertz CT molecular complexity index is 638. The van der Waals surface area contributed by atoms with Crippen LogP contribution in [0.25, 0.3) is 0 Å². The molecule has 0 aromatic carbocycles. The molecular weight excluding hydrogens is 360 g/mol. The van der Waals surface area contributed by atoms with Crippen molar-refractivity contribution in [3.05, 3.63) is 23.3 Å². The molecule has 0 bridgehead atoms. The fourth-order valence-electron chi connectivity index (χ4n) is 5.97. The van der Waals surface area contributed by atoms with E-state index in [1.165, 1.54) is 24.8 Å². The first-order valence-corrected chi connectivity index (χ1v) is 11.1. The van der Waals surface area contributed by atoms with E-state index in [4.69, 9.17) is 16.3 Å². The monoisotopic (exact) mass is 394 g/mol. The van der Waals surface area contributed by atoms with Crippen molar-refractivity contribution in [3.8, 4) is 0 Å². The number of fused-ring (bicyclic) bond motifs is 3. The fourth-order valence-corrected chi connectivity index (χ4v) is 6.06. The summed E-state index contributed by atoms with van der Waals surface area (Å²) in [7, 11) is 0. The molecule has 1 saturated carbocycles. The summed E-state index contributed by atoms with van der Waals surface area (Å²) in [4.78, 5) is 13.0. The third-order valence-electron chi connectivity index (χ3n) is 7.63. The van der Waals surface area contributed by atoms with E-state index < -0.39 is 11.5 Å². The van der Waals surface area contributed by atoms with Crippen LogP contribution in [-0.4, -0.2) is 29.7 Å². The van der Waals surface area contributed by atoms with Crippen LogP contribution in [0.2, 0.25) is 0 Å². The predicted molar refractivity (Wildman–Crippen MR) is 110 cm³/mol. The maximum absolute atomic E-state index is 13.0. The van der Waals surface area contributed by atoms with E-state index in [0.717, 1.165) is 19.3 Å². The topological polar surface area (TPSA) is 46.5 Å². The minimum Gasteiger partial charge on any atom is -0.462 e. The van der Waals surface area contributed by atoms with Gasteiger partial charge in [-0.2, -0.15) is 0 Å². The van der Waals surface area contributed by atoms with Crippen LogP contribution < -0.4 is 0 Å². The number of rotatable bonds is 5. The number of ether oxygens (including phenoxy) is 1. The number of carbonyl (C=O) groups is 1. The molecule has 152 valence electrons. The zero-order valence-corrected chi connectivity index (χ0v) is 18.0. The molecule has 4 heteroatoms. The zero-order chi connectivity index (χ0) is 19.8. The number of hydrogen-bond donors (Lipinski definition) is 1. The Morgan fingerprint density at radius 2 is 2.11 bits per heavy atom. The summed E-state index contributed by atoms with van der Waals surface area (Å²) in [5.41, 5.74) is 2.72. The molecule has 3 nitrogen and oxygen atoms in total. The number of aliphatic hydroxyl groups is 1. The van der Waals surface area contributed by atoms with E-state index in [1.54, 1.807) is 5.57 Å².